The van der Waals surface area contributed by atoms with Crippen molar-refractivity contribution >= 4 is 17.7 Å². The summed E-state index contributed by atoms with van der Waals surface area (Å²) in [6.07, 6.45) is 1.61. The first-order valence-corrected chi connectivity index (χ1v) is 8.76. The molecule has 1 aromatic rings. The molecule has 2 atom stereocenters. The van der Waals surface area contributed by atoms with Crippen molar-refractivity contribution in [2.75, 3.05) is 11.5 Å². The summed E-state index contributed by atoms with van der Waals surface area (Å²) in [5.41, 5.74) is 1.21. The molecule has 1 aliphatic heterocycles. The number of carbonyl (C=O) groups excluding carboxylic acids is 1. The molecule has 0 radical (unpaired) electrons. The van der Waals surface area contributed by atoms with E-state index in [1.165, 1.54) is 5.56 Å². The third-order valence-electron chi connectivity index (χ3n) is 3.89. The molecule has 21 heavy (non-hydrogen) atoms. The van der Waals surface area contributed by atoms with Crippen LogP contribution in [0, 0.1) is 5.92 Å². The molecule has 0 bridgehead atoms. The third kappa shape index (κ3) is 4.24. The van der Waals surface area contributed by atoms with Gasteiger partial charge in [0.25, 0.3) is 5.91 Å². The van der Waals surface area contributed by atoms with Crippen LogP contribution in [0.4, 0.5) is 0 Å². The molecule has 116 valence electrons. The Labute approximate surface area is 131 Å². The fourth-order valence-electron chi connectivity index (χ4n) is 2.56. The van der Waals surface area contributed by atoms with Gasteiger partial charge in [-0.2, -0.15) is 11.8 Å². The summed E-state index contributed by atoms with van der Waals surface area (Å²) in [6, 6.07) is 8.29. The maximum Gasteiger partial charge on any atom is 0.253 e. The van der Waals surface area contributed by atoms with Crippen LogP contribution in [-0.4, -0.2) is 28.1 Å². The Bertz CT molecular complexity index is 478. The topological polar surface area (TPSA) is 49.3 Å². The van der Waals surface area contributed by atoms with E-state index in [1.54, 1.807) is 11.8 Å². The number of nitrogens with one attached hydrogen (secondary N) is 1. The van der Waals surface area contributed by atoms with Crippen molar-refractivity contribution in [2.45, 2.75) is 45.3 Å². The molecule has 2 rings (SSSR count). The molecule has 1 aromatic carbocycles. The van der Waals surface area contributed by atoms with Crippen LogP contribution < -0.4 is 5.32 Å². The van der Waals surface area contributed by atoms with E-state index >= 15 is 0 Å². The minimum Gasteiger partial charge on any atom is -0.379 e. The maximum absolute atomic E-state index is 12.2. The molecular weight excluding hydrogens is 282 g/mol. The molecule has 2 unspecified atom stereocenters. The minimum absolute atomic E-state index is 0.0831. The quantitative estimate of drug-likeness (QED) is 0.879. The lowest BCUT2D eigenvalue weighted by Gasteiger charge is -2.23. The lowest BCUT2D eigenvalue weighted by atomic mass is 9.98. The normalized spacial score (nSPS) is 23.3. The molecule has 1 amide bonds. The van der Waals surface area contributed by atoms with Gasteiger partial charge in [-0.05, 0) is 42.6 Å². The number of aliphatic hydroxyl groups is 1. The largest absolute Gasteiger partial charge is 0.379 e. The smallest absolute Gasteiger partial charge is 0.253 e. The van der Waals surface area contributed by atoms with Crippen LogP contribution in [0.5, 0.6) is 0 Å². The van der Waals surface area contributed by atoms with Crippen molar-refractivity contribution in [3.63, 3.8) is 0 Å². The van der Waals surface area contributed by atoms with Gasteiger partial charge in [0.1, 0.15) is 0 Å². The number of hydrogen-bond acceptors (Lipinski definition) is 3. The molecule has 1 aliphatic rings. The van der Waals surface area contributed by atoms with E-state index in [1.807, 2.05) is 6.92 Å². The lowest BCUT2D eigenvalue weighted by Crippen LogP contribution is -2.47. The molecule has 1 fully saturated rings. The van der Waals surface area contributed by atoms with E-state index in [0.29, 0.717) is 18.1 Å². The maximum atomic E-state index is 12.2. The summed E-state index contributed by atoms with van der Waals surface area (Å²) in [6.45, 7) is 6.37. The highest BCUT2D eigenvalue weighted by molar-refractivity contribution is 7.99. The van der Waals surface area contributed by atoms with Crippen molar-refractivity contribution in [1.82, 2.24) is 5.32 Å². The molecule has 1 saturated heterocycles. The molecule has 0 aromatic heterocycles. The summed E-state index contributed by atoms with van der Waals surface area (Å²) in [7, 11) is 0. The molecule has 1 heterocycles. The molecule has 2 N–H and O–H groups in total. The highest BCUT2D eigenvalue weighted by Gasteiger charge is 2.39. The van der Waals surface area contributed by atoms with Crippen molar-refractivity contribution < 1.29 is 9.90 Å². The number of amides is 1. The molecule has 4 heteroatoms. The Morgan fingerprint density at radius 3 is 2.52 bits per heavy atom. The summed E-state index contributed by atoms with van der Waals surface area (Å²) in [5, 5.41) is 13.2. The third-order valence-corrected chi connectivity index (χ3v) is 5.07. The fraction of sp³-hybridized carbons (Fsp3) is 0.588. The molecule has 0 aliphatic carbocycles. The van der Waals surface area contributed by atoms with Crippen LogP contribution in [0.25, 0.3) is 0 Å². The van der Waals surface area contributed by atoms with Gasteiger partial charge < -0.3 is 10.4 Å². The van der Waals surface area contributed by atoms with Gasteiger partial charge in [0, 0.05) is 5.75 Å². The minimum atomic E-state index is -1.18. The highest BCUT2D eigenvalue weighted by atomic mass is 32.2. The zero-order valence-electron chi connectivity index (χ0n) is 13.1. The van der Waals surface area contributed by atoms with Gasteiger partial charge in [0.2, 0.25) is 0 Å². The zero-order chi connectivity index (χ0) is 15.5. The number of thioether (sulfide) groups is 1. The van der Waals surface area contributed by atoms with Crippen LogP contribution in [0.3, 0.4) is 0 Å². The number of rotatable bonds is 5. The van der Waals surface area contributed by atoms with E-state index in [2.05, 4.69) is 43.4 Å². The van der Waals surface area contributed by atoms with Gasteiger partial charge >= 0.3 is 0 Å². The van der Waals surface area contributed by atoms with Gasteiger partial charge in [-0.25, -0.2) is 0 Å². The van der Waals surface area contributed by atoms with E-state index in [4.69, 9.17) is 0 Å². The Morgan fingerprint density at radius 2 is 2.00 bits per heavy atom. The molecular formula is C17H25NO2S. The van der Waals surface area contributed by atoms with E-state index in [-0.39, 0.29) is 11.9 Å². The van der Waals surface area contributed by atoms with Crippen LogP contribution in [0.2, 0.25) is 0 Å². The second-order valence-electron chi connectivity index (χ2n) is 6.37. The zero-order valence-corrected chi connectivity index (χ0v) is 13.9. The number of benzene rings is 1. The van der Waals surface area contributed by atoms with Crippen molar-refractivity contribution in [3.8, 4) is 0 Å². The van der Waals surface area contributed by atoms with Gasteiger partial charge in [-0.15, -0.1) is 0 Å². The Balaban J connectivity index is 1.96. The average Bonchev–Trinajstić information content (AvgIpc) is 2.87. The predicted molar refractivity (Wildman–Crippen MR) is 88.4 cm³/mol. The van der Waals surface area contributed by atoms with Crippen molar-refractivity contribution in [3.05, 3.63) is 35.4 Å². The first-order valence-electron chi connectivity index (χ1n) is 7.60. The monoisotopic (exact) mass is 307 g/mol. The van der Waals surface area contributed by atoms with E-state index < -0.39 is 5.60 Å². The van der Waals surface area contributed by atoms with E-state index in [9.17, 15) is 9.90 Å². The van der Waals surface area contributed by atoms with Crippen molar-refractivity contribution in [1.29, 1.82) is 0 Å². The Morgan fingerprint density at radius 1 is 1.33 bits per heavy atom. The van der Waals surface area contributed by atoms with Gasteiger partial charge in [-0.3, -0.25) is 4.79 Å². The summed E-state index contributed by atoms with van der Waals surface area (Å²) >= 11 is 1.63. The lowest BCUT2D eigenvalue weighted by molar-refractivity contribution is -0.137. The second-order valence-corrected chi connectivity index (χ2v) is 7.47. The predicted octanol–water partition coefficient (Wildman–Crippen LogP) is 2.93. The molecule has 3 nitrogen and oxygen atoms in total. The number of hydrogen-bond donors (Lipinski definition) is 2. The Hall–Kier alpha value is -1.00. The van der Waals surface area contributed by atoms with Gasteiger partial charge in [0.15, 0.2) is 5.60 Å². The fourth-order valence-corrected chi connectivity index (χ4v) is 3.80. The second kappa shape index (κ2) is 6.84. The van der Waals surface area contributed by atoms with Crippen molar-refractivity contribution in [2.24, 2.45) is 5.92 Å². The highest BCUT2D eigenvalue weighted by Crippen LogP contribution is 2.28. The summed E-state index contributed by atoms with van der Waals surface area (Å²) in [4.78, 5) is 12.2. The Kier molecular flexibility index (Phi) is 5.33. The van der Waals surface area contributed by atoms with Crippen LogP contribution in [-0.2, 0) is 11.2 Å². The van der Waals surface area contributed by atoms with Gasteiger partial charge in [-0.1, -0.05) is 38.1 Å². The molecule has 0 spiro atoms. The average molecular weight is 307 g/mol. The summed E-state index contributed by atoms with van der Waals surface area (Å²) < 4.78 is 0. The van der Waals surface area contributed by atoms with E-state index in [0.717, 1.165) is 17.7 Å². The first-order chi connectivity index (χ1) is 9.90. The van der Waals surface area contributed by atoms with Gasteiger partial charge in [0.05, 0.1) is 6.04 Å². The molecule has 0 saturated carbocycles. The van der Waals surface area contributed by atoms with Crippen LogP contribution >= 0.6 is 11.8 Å². The number of carbonyl (C=O) groups is 1. The van der Waals surface area contributed by atoms with Crippen LogP contribution in [0.1, 0.15) is 44.4 Å². The first kappa shape index (κ1) is 16.4. The standard InChI is InChI=1S/C17H25NO2S/c1-12(2)10-14-4-6-15(7-5-14)13(3)18-16(19)17(20)8-9-21-11-17/h4-7,12-13,20H,8-11H2,1-3H3,(H,18,19). The summed E-state index contributed by atoms with van der Waals surface area (Å²) in [5.74, 6) is 1.74. The van der Waals surface area contributed by atoms with Crippen LogP contribution in [0.15, 0.2) is 24.3 Å². The SMILES string of the molecule is CC(C)Cc1ccc(C(C)NC(=O)C2(O)CCSC2)cc1.